The van der Waals surface area contributed by atoms with E-state index >= 15 is 0 Å². The lowest BCUT2D eigenvalue weighted by Gasteiger charge is -2.13. The quantitative estimate of drug-likeness (QED) is 0.463. The van der Waals surface area contributed by atoms with Crippen molar-refractivity contribution >= 4 is 28.3 Å². The third-order valence-corrected chi connectivity index (χ3v) is 6.18. The molecule has 3 aromatic heterocycles. The van der Waals surface area contributed by atoms with Crippen LogP contribution in [-0.4, -0.2) is 25.7 Å². The number of hydrogen-bond acceptors (Lipinski definition) is 5. The van der Waals surface area contributed by atoms with Crippen molar-refractivity contribution in [1.82, 2.24) is 19.7 Å². The molecule has 0 aliphatic heterocycles. The number of nitrogens with two attached hydrogens (primary N) is 1. The summed E-state index contributed by atoms with van der Waals surface area (Å²) in [7, 11) is 1.88. The lowest BCUT2D eigenvalue weighted by atomic mass is 9.96. The highest BCUT2D eigenvalue weighted by Crippen LogP contribution is 2.47. The second-order valence-corrected chi connectivity index (χ2v) is 8.56. The highest BCUT2D eigenvalue weighted by molar-refractivity contribution is 5.99. The van der Waals surface area contributed by atoms with Gasteiger partial charge in [-0.25, -0.2) is 9.97 Å². The number of anilines is 2. The van der Waals surface area contributed by atoms with Crippen LogP contribution in [0.15, 0.2) is 48.9 Å². The van der Waals surface area contributed by atoms with Crippen LogP contribution in [0.4, 0.5) is 11.6 Å². The number of hydrogen-bond donors (Lipinski definition) is 2. The van der Waals surface area contributed by atoms with Crippen LogP contribution in [-0.2, 0) is 18.3 Å². The van der Waals surface area contributed by atoms with Crippen LogP contribution >= 0.6 is 0 Å². The van der Waals surface area contributed by atoms with Crippen LogP contribution in [0.5, 0.6) is 0 Å². The molecule has 0 spiro atoms. The molecule has 0 radical (unpaired) electrons. The number of aryl methyl sites for hydroxylation is 2. The third-order valence-electron chi connectivity index (χ3n) is 6.18. The van der Waals surface area contributed by atoms with Crippen molar-refractivity contribution in [1.29, 1.82) is 0 Å². The molecule has 1 aromatic carbocycles. The molecule has 1 aliphatic carbocycles. The number of aromatic nitrogens is 4. The fourth-order valence-corrected chi connectivity index (χ4v) is 4.43. The van der Waals surface area contributed by atoms with Crippen LogP contribution in [0.1, 0.15) is 29.0 Å². The van der Waals surface area contributed by atoms with Crippen molar-refractivity contribution in [2.24, 2.45) is 13.0 Å². The first kappa shape index (κ1) is 20.7. The number of fused-ring (bicyclic) bond motifs is 1. The second kappa shape index (κ2) is 8.06. The summed E-state index contributed by atoms with van der Waals surface area (Å²) in [5, 5.41) is 8.76. The van der Waals surface area contributed by atoms with E-state index in [1.54, 1.807) is 10.9 Å². The van der Waals surface area contributed by atoms with E-state index in [9.17, 15) is 4.79 Å². The van der Waals surface area contributed by atoms with Crippen LogP contribution < -0.4 is 11.1 Å². The Bertz CT molecular complexity index is 1430. The average molecular weight is 437 g/mol. The topological polar surface area (TPSA) is 98.7 Å². The molecular weight excluding hydrogens is 412 g/mol. The van der Waals surface area contributed by atoms with E-state index in [4.69, 9.17) is 12.2 Å². The van der Waals surface area contributed by atoms with E-state index in [0.29, 0.717) is 18.1 Å². The van der Waals surface area contributed by atoms with Gasteiger partial charge in [-0.05, 0) is 53.5 Å². The lowest BCUT2D eigenvalue weighted by molar-refractivity contribution is -0.117. The highest BCUT2D eigenvalue weighted by Gasteiger charge is 2.44. The largest absolute Gasteiger partial charge is 0.383 e. The summed E-state index contributed by atoms with van der Waals surface area (Å²) in [6, 6.07) is 9.85. The summed E-state index contributed by atoms with van der Waals surface area (Å²) in [6.45, 7) is 2.03. The van der Waals surface area contributed by atoms with Gasteiger partial charge < -0.3 is 11.1 Å². The monoisotopic (exact) mass is 436 g/mol. The van der Waals surface area contributed by atoms with Crippen molar-refractivity contribution in [3.05, 3.63) is 65.6 Å². The Balaban J connectivity index is 1.44. The van der Waals surface area contributed by atoms with E-state index in [2.05, 4.69) is 26.3 Å². The minimum absolute atomic E-state index is 0.0341. The maximum absolute atomic E-state index is 12.8. The zero-order valence-electron chi connectivity index (χ0n) is 18.5. The number of pyridine rings is 2. The number of nitrogens with one attached hydrogen (secondary N) is 1. The molecule has 4 aromatic rings. The summed E-state index contributed by atoms with van der Waals surface area (Å²) in [5.74, 6) is 3.71. The van der Waals surface area contributed by atoms with Crippen molar-refractivity contribution < 1.29 is 4.79 Å². The predicted molar refractivity (Wildman–Crippen MR) is 129 cm³/mol. The fraction of sp³-hybridized carbons (Fsp3) is 0.231. The number of nitrogens with zero attached hydrogens (tertiary/aromatic N) is 4. The van der Waals surface area contributed by atoms with E-state index in [1.165, 1.54) is 0 Å². The van der Waals surface area contributed by atoms with Gasteiger partial charge >= 0.3 is 0 Å². The molecule has 2 atom stereocenters. The van der Waals surface area contributed by atoms with Crippen LogP contribution in [0.2, 0.25) is 0 Å². The SMILES string of the molecule is C#CCc1cccc(C)c1-c1cc2cc(NC(=O)[C@H]3C[C@@H]3c3cnn(C)c3)ncc2c(N)n1. The second-order valence-electron chi connectivity index (χ2n) is 8.56. The Hall–Kier alpha value is -4.18. The zero-order valence-corrected chi connectivity index (χ0v) is 18.5. The molecule has 0 bridgehead atoms. The minimum atomic E-state index is -0.0666. The summed E-state index contributed by atoms with van der Waals surface area (Å²) in [5.41, 5.74) is 11.2. The summed E-state index contributed by atoms with van der Waals surface area (Å²) in [4.78, 5) is 21.8. The maximum atomic E-state index is 12.8. The molecule has 1 fully saturated rings. The Kier molecular flexibility index (Phi) is 5.06. The van der Waals surface area contributed by atoms with Crippen molar-refractivity contribution in [2.45, 2.75) is 25.7 Å². The van der Waals surface area contributed by atoms with E-state index in [-0.39, 0.29) is 17.7 Å². The maximum Gasteiger partial charge on any atom is 0.229 e. The molecule has 5 rings (SSSR count). The molecule has 7 heteroatoms. The Labute approximate surface area is 192 Å². The van der Waals surface area contributed by atoms with Crippen molar-refractivity contribution in [3.63, 3.8) is 0 Å². The molecule has 1 amide bonds. The highest BCUT2D eigenvalue weighted by atomic mass is 16.2. The van der Waals surface area contributed by atoms with Gasteiger partial charge in [-0.15, -0.1) is 12.3 Å². The van der Waals surface area contributed by atoms with E-state index < -0.39 is 0 Å². The zero-order chi connectivity index (χ0) is 23.1. The normalized spacial score (nSPS) is 17.0. The Morgan fingerprint density at radius 1 is 1.33 bits per heavy atom. The van der Waals surface area contributed by atoms with Gasteiger partial charge in [0.1, 0.15) is 11.6 Å². The first-order valence-corrected chi connectivity index (χ1v) is 10.8. The van der Waals surface area contributed by atoms with Crippen molar-refractivity contribution in [3.8, 4) is 23.6 Å². The van der Waals surface area contributed by atoms with Crippen LogP contribution in [0.3, 0.4) is 0 Å². The lowest BCUT2D eigenvalue weighted by Crippen LogP contribution is -2.15. The molecule has 3 heterocycles. The number of benzene rings is 1. The molecular formula is C26H24N6O. The number of nitrogen functional groups attached to an aromatic ring is 1. The third kappa shape index (κ3) is 3.92. The smallest absolute Gasteiger partial charge is 0.229 e. The van der Waals surface area contributed by atoms with Crippen molar-refractivity contribution in [2.75, 3.05) is 11.1 Å². The van der Waals surface area contributed by atoms with Gasteiger partial charge in [0.05, 0.1) is 11.9 Å². The molecule has 0 unspecified atom stereocenters. The molecule has 0 saturated heterocycles. The van der Waals surface area contributed by atoms with Gasteiger partial charge in [0, 0.05) is 42.7 Å². The molecule has 164 valence electrons. The Morgan fingerprint density at radius 3 is 2.94 bits per heavy atom. The molecule has 3 N–H and O–H groups in total. The standard InChI is InChI=1S/C26H24N6O/c1-4-6-16-8-5-7-15(2)24(16)22-9-17-10-23(28-13-21(17)25(27)30-22)31-26(33)20-11-19(20)18-12-29-32(3)14-18/h1,5,7-10,12-14,19-20H,6,11H2,2-3H3,(H2,27,30)(H,28,31,33)/t19-,20+/m1/s1. The minimum Gasteiger partial charge on any atom is -0.383 e. The summed E-state index contributed by atoms with van der Waals surface area (Å²) >= 11 is 0. The number of amides is 1. The van der Waals surface area contributed by atoms with Crippen LogP contribution in [0.25, 0.3) is 22.0 Å². The summed E-state index contributed by atoms with van der Waals surface area (Å²) < 4.78 is 1.76. The van der Waals surface area contributed by atoms with Gasteiger partial charge in [-0.3, -0.25) is 9.48 Å². The number of carbonyl (C=O) groups excluding carboxylic acids is 1. The Morgan fingerprint density at radius 2 is 2.18 bits per heavy atom. The molecule has 1 saturated carbocycles. The van der Waals surface area contributed by atoms with Gasteiger partial charge in [-0.1, -0.05) is 18.2 Å². The van der Waals surface area contributed by atoms with Gasteiger partial charge in [-0.2, -0.15) is 5.10 Å². The van der Waals surface area contributed by atoms with Crippen LogP contribution in [0, 0.1) is 25.2 Å². The predicted octanol–water partition coefficient (Wildman–Crippen LogP) is 3.84. The number of terminal acetylenes is 1. The fourth-order valence-electron chi connectivity index (χ4n) is 4.43. The van der Waals surface area contributed by atoms with E-state index in [1.807, 2.05) is 56.7 Å². The first-order chi connectivity index (χ1) is 15.9. The van der Waals surface area contributed by atoms with Gasteiger partial charge in [0.15, 0.2) is 0 Å². The van der Waals surface area contributed by atoms with Gasteiger partial charge in [0.2, 0.25) is 5.91 Å². The first-order valence-electron chi connectivity index (χ1n) is 10.8. The number of carbonyl (C=O) groups is 1. The molecule has 33 heavy (non-hydrogen) atoms. The average Bonchev–Trinajstić information content (AvgIpc) is 3.47. The van der Waals surface area contributed by atoms with E-state index in [0.717, 1.165) is 45.1 Å². The molecule has 7 nitrogen and oxygen atoms in total. The molecule has 1 aliphatic rings. The number of rotatable bonds is 5. The summed E-state index contributed by atoms with van der Waals surface area (Å²) in [6.07, 6.45) is 12.3. The van der Waals surface area contributed by atoms with Gasteiger partial charge in [0.25, 0.3) is 0 Å².